The summed E-state index contributed by atoms with van der Waals surface area (Å²) in [5.41, 5.74) is 18.1. The Morgan fingerprint density at radius 3 is 1.23 bits per heavy atom. The van der Waals surface area contributed by atoms with Gasteiger partial charge in [-0.2, -0.15) is 0 Å². The second-order valence-electron chi connectivity index (χ2n) is 14.7. The summed E-state index contributed by atoms with van der Waals surface area (Å²) >= 11 is 3.47. The Kier molecular flexibility index (Phi) is 13.9. The molecule has 62 heavy (non-hydrogen) atoms. The zero-order chi connectivity index (χ0) is 42.4. The van der Waals surface area contributed by atoms with E-state index in [2.05, 4.69) is 167 Å². The Hall–Kier alpha value is -7.31. The van der Waals surface area contributed by atoms with Gasteiger partial charge in [-0.1, -0.05) is 228 Å². The molecule has 4 nitrogen and oxygen atoms in total. The molecule has 0 aliphatic heterocycles. The largest absolute Gasteiger partial charge is 0.320 e. The minimum absolute atomic E-state index is 0.0163. The third-order valence-electron chi connectivity index (χ3n) is 10.4. The van der Waals surface area contributed by atoms with Gasteiger partial charge < -0.3 is 5.73 Å². The molecule has 300 valence electrons. The van der Waals surface area contributed by atoms with Crippen LogP contribution in [0.2, 0.25) is 0 Å². The highest BCUT2D eigenvalue weighted by atomic mass is 79.9. The predicted octanol–water partition coefficient (Wildman–Crippen LogP) is 14.5. The molecular weight excluding hydrogens is 821 g/mol. The van der Waals surface area contributed by atoms with E-state index in [0.717, 1.165) is 65.5 Å². The number of aromatic nitrogens is 2. The van der Waals surface area contributed by atoms with Crippen molar-refractivity contribution in [3.63, 3.8) is 0 Å². The monoisotopic (exact) mass is 864 g/mol. The Morgan fingerprint density at radius 1 is 0.403 bits per heavy atom. The lowest BCUT2D eigenvalue weighted by atomic mass is 9.99. The second kappa shape index (κ2) is 20.8. The van der Waals surface area contributed by atoms with Gasteiger partial charge in [0.1, 0.15) is 0 Å². The van der Waals surface area contributed by atoms with Crippen LogP contribution in [0.1, 0.15) is 39.9 Å². The molecule has 8 aromatic carbocycles. The van der Waals surface area contributed by atoms with Gasteiger partial charge in [-0.25, -0.2) is 9.97 Å². The molecule has 0 spiro atoms. The van der Waals surface area contributed by atoms with E-state index in [9.17, 15) is 0 Å². The first-order chi connectivity index (χ1) is 30.6. The second-order valence-corrected chi connectivity index (χ2v) is 15.6. The molecule has 2 heterocycles. The summed E-state index contributed by atoms with van der Waals surface area (Å²) in [7, 11) is 0. The minimum Gasteiger partial charge on any atom is -0.320 e. The van der Waals surface area contributed by atoms with Gasteiger partial charge in [0.05, 0.1) is 34.5 Å². The van der Waals surface area contributed by atoms with Crippen molar-refractivity contribution in [1.82, 2.24) is 9.97 Å². The normalized spacial score (nSPS) is 11.0. The lowest BCUT2D eigenvalue weighted by Crippen LogP contribution is -2.11. The van der Waals surface area contributed by atoms with Crippen molar-refractivity contribution in [1.29, 1.82) is 0 Å². The maximum atomic E-state index is 6.12. The summed E-state index contributed by atoms with van der Waals surface area (Å²) in [6.45, 7) is 0. The number of pyridine rings is 2. The van der Waals surface area contributed by atoms with Gasteiger partial charge in [0.15, 0.2) is 0 Å². The maximum absolute atomic E-state index is 6.12. The van der Waals surface area contributed by atoms with E-state index >= 15 is 0 Å². The maximum Gasteiger partial charge on any atom is 0.0999 e. The number of rotatable bonds is 8. The molecule has 0 aliphatic carbocycles. The van der Waals surface area contributed by atoms with E-state index in [1.807, 2.05) is 103 Å². The fraction of sp³-hybridized carbons (Fsp3) is 0.0351. The molecule has 0 saturated carbocycles. The number of aliphatic imine (C=N–C) groups is 1. The SMILES string of the molecule is Brc1ccc2ccc(-c3ccccc3)nc2c1.C(=NC(c1ccccc1)c1ccccc1)c1ccc2ccc(-c3ccccc3)nc2c1.NC(c1ccccc1)c1ccccc1. The van der Waals surface area contributed by atoms with Crippen molar-refractivity contribution in [3.05, 3.63) is 275 Å². The van der Waals surface area contributed by atoms with Crippen LogP contribution < -0.4 is 5.73 Å². The number of hydrogen-bond donors (Lipinski definition) is 1. The van der Waals surface area contributed by atoms with Crippen LogP contribution in [0.15, 0.2) is 252 Å². The molecule has 0 fully saturated rings. The van der Waals surface area contributed by atoms with E-state index in [-0.39, 0.29) is 12.1 Å². The fourth-order valence-corrected chi connectivity index (χ4v) is 7.50. The highest BCUT2D eigenvalue weighted by Gasteiger charge is 2.12. The smallest absolute Gasteiger partial charge is 0.0999 e. The van der Waals surface area contributed by atoms with Crippen LogP contribution >= 0.6 is 15.9 Å². The highest BCUT2D eigenvalue weighted by Crippen LogP contribution is 2.27. The minimum atomic E-state index is -0.0401. The Morgan fingerprint density at radius 2 is 0.774 bits per heavy atom. The number of fused-ring (bicyclic) bond motifs is 2. The average Bonchev–Trinajstić information content (AvgIpc) is 3.35. The summed E-state index contributed by atoms with van der Waals surface area (Å²) < 4.78 is 1.06. The van der Waals surface area contributed by atoms with Gasteiger partial charge in [0, 0.05) is 32.6 Å². The zero-order valence-electron chi connectivity index (χ0n) is 34.1. The number of nitrogens with zero attached hydrogens (tertiary/aromatic N) is 3. The number of nitrogens with two attached hydrogens (primary N) is 1. The van der Waals surface area contributed by atoms with Crippen molar-refractivity contribution in [2.24, 2.45) is 10.7 Å². The van der Waals surface area contributed by atoms with Crippen molar-refractivity contribution in [2.75, 3.05) is 0 Å². The average molecular weight is 866 g/mol. The molecule has 0 amide bonds. The van der Waals surface area contributed by atoms with Gasteiger partial charge in [-0.05, 0) is 58.1 Å². The third-order valence-corrected chi connectivity index (χ3v) is 10.9. The van der Waals surface area contributed by atoms with Crippen LogP contribution in [0, 0.1) is 0 Å². The molecule has 0 unspecified atom stereocenters. The first-order valence-corrected chi connectivity index (χ1v) is 21.4. The molecule has 2 aromatic heterocycles. The molecule has 10 aromatic rings. The van der Waals surface area contributed by atoms with E-state index in [0.29, 0.717) is 0 Å². The highest BCUT2D eigenvalue weighted by molar-refractivity contribution is 9.10. The van der Waals surface area contributed by atoms with Crippen LogP contribution in [-0.4, -0.2) is 16.2 Å². The fourth-order valence-electron chi connectivity index (χ4n) is 7.15. The lowest BCUT2D eigenvalue weighted by molar-refractivity contribution is 0.871. The van der Waals surface area contributed by atoms with Crippen LogP contribution in [-0.2, 0) is 0 Å². The summed E-state index contributed by atoms with van der Waals surface area (Å²) in [6, 6.07) is 82.4. The molecular formula is C57H45BrN4. The summed E-state index contributed by atoms with van der Waals surface area (Å²) in [5.74, 6) is 0. The van der Waals surface area contributed by atoms with E-state index in [1.165, 1.54) is 11.1 Å². The standard InChI is InChI=1S/C29H22N2.C15H10BrN.C13H13N/c1-4-10-23(11-5-1)27-19-18-24-17-16-22(20-28(24)31-27)21-30-29(25-12-6-2-7-13-25)26-14-8-3-9-15-26;16-13-8-6-12-7-9-14(17-15(12)10-13)11-4-2-1-3-5-11;14-13(11-7-3-1-4-8-11)12-9-5-2-6-10-12/h1-21,29H;1-10H;1-10,13H,14H2. The van der Waals surface area contributed by atoms with Gasteiger partial charge >= 0.3 is 0 Å². The molecule has 0 radical (unpaired) electrons. The summed E-state index contributed by atoms with van der Waals surface area (Å²) in [6.07, 6.45) is 1.96. The first-order valence-electron chi connectivity index (χ1n) is 20.6. The van der Waals surface area contributed by atoms with E-state index < -0.39 is 0 Å². The topological polar surface area (TPSA) is 64.2 Å². The van der Waals surface area contributed by atoms with Crippen LogP contribution in [0.5, 0.6) is 0 Å². The number of hydrogen-bond acceptors (Lipinski definition) is 4. The molecule has 5 heteroatoms. The van der Waals surface area contributed by atoms with Crippen LogP contribution in [0.4, 0.5) is 0 Å². The first kappa shape index (κ1) is 41.4. The Balaban J connectivity index is 0.000000143. The predicted molar refractivity (Wildman–Crippen MR) is 263 cm³/mol. The lowest BCUT2D eigenvalue weighted by Gasteiger charge is -2.13. The molecule has 0 atom stereocenters. The van der Waals surface area contributed by atoms with Gasteiger partial charge in [-0.15, -0.1) is 0 Å². The molecule has 0 saturated heterocycles. The van der Waals surface area contributed by atoms with Crippen molar-refractivity contribution >= 4 is 44.0 Å². The van der Waals surface area contributed by atoms with Crippen molar-refractivity contribution < 1.29 is 0 Å². The molecule has 2 N–H and O–H groups in total. The number of halogens is 1. The quantitative estimate of drug-likeness (QED) is 0.155. The van der Waals surface area contributed by atoms with Crippen molar-refractivity contribution in [2.45, 2.75) is 12.1 Å². The molecule has 0 bridgehead atoms. The Labute approximate surface area is 372 Å². The third kappa shape index (κ3) is 10.9. The van der Waals surface area contributed by atoms with E-state index in [1.54, 1.807) is 0 Å². The van der Waals surface area contributed by atoms with Gasteiger partial charge in [0.2, 0.25) is 0 Å². The summed E-state index contributed by atoms with van der Waals surface area (Å²) in [4.78, 5) is 14.5. The van der Waals surface area contributed by atoms with Crippen molar-refractivity contribution in [3.8, 4) is 22.5 Å². The van der Waals surface area contributed by atoms with Gasteiger partial charge in [0.25, 0.3) is 0 Å². The summed E-state index contributed by atoms with van der Waals surface area (Å²) in [5, 5.41) is 2.28. The van der Waals surface area contributed by atoms with E-state index in [4.69, 9.17) is 15.7 Å². The van der Waals surface area contributed by atoms with Crippen LogP contribution in [0.3, 0.4) is 0 Å². The molecule has 0 aliphatic rings. The zero-order valence-corrected chi connectivity index (χ0v) is 35.7. The van der Waals surface area contributed by atoms with Gasteiger partial charge in [-0.3, -0.25) is 4.99 Å². The number of benzene rings is 8. The van der Waals surface area contributed by atoms with Crippen LogP contribution in [0.25, 0.3) is 44.3 Å². The molecule has 10 rings (SSSR count). The Bertz CT molecular complexity index is 2890.